The number of hydrogen-bond acceptors (Lipinski definition) is 3. The molecule has 0 bridgehead atoms. The van der Waals surface area contributed by atoms with Gasteiger partial charge in [0.25, 0.3) is 0 Å². The molecule has 1 spiro atoms. The molecular formula is C17H24O3. The van der Waals surface area contributed by atoms with E-state index in [9.17, 15) is 0 Å². The van der Waals surface area contributed by atoms with E-state index in [1.54, 1.807) is 0 Å². The highest BCUT2D eigenvalue weighted by molar-refractivity contribution is 5.35. The lowest BCUT2D eigenvalue weighted by Crippen LogP contribution is -2.44. The summed E-state index contributed by atoms with van der Waals surface area (Å²) in [5, 5.41) is 0. The van der Waals surface area contributed by atoms with Gasteiger partial charge in [0.1, 0.15) is 11.9 Å². The third-order valence-electron chi connectivity index (χ3n) is 4.35. The summed E-state index contributed by atoms with van der Waals surface area (Å²) in [6, 6.07) is 8.38. The molecule has 2 saturated heterocycles. The Balaban J connectivity index is 1.71. The predicted octanol–water partition coefficient (Wildman–Crippen LogP) is 3.53. The highest BCUT2D eigenvalue weighted by atomic mass is 16.6. The zero-order valence-electron chi connectivity index (χ0n) is 12.4. The average Bonchev–Trinajstić information content (AvgIpc) is 2.87. The van der Waals surface area contributed by atoms with E-state index in [4.69, 9.17) is 14.2 Å². The van der Waals surface area contributed by atoms with Gasteiger partial charge >= 0.3 is 0 Å². The van der Waals surface area contributed by atoms with Crippen LogP contribution in [0.15, 0.2) is 24.3 Å². The molecule has 2 fully saturated rings. The van der Waals surface area contributed by atoms with Crippen LogP contribution in [-0.4, -0.2) is 31.5 Å². The summed E-state index contributed by atoms with van der Waals surface area (Å²) in [4.78, 5) is 0. The highest BCUT2D eigenvalue weighted by Crippen LogP contribution is 2.36. The van der Waals surface area contributed by atoms with Crippen molar-refractivity contribution >= 4 is 0 Å². The summed E-state index contributed by atoms with van der Waals surface area (Å²) >= 11 is 0. The van der Waals surface area contributed by atoms with E-state index in [2.05, 4.69) is 38.1 Å². The number of benzene rings is 1. The van der Waals surface area contributed by atoms with Crippen LogP contribution in [0, 0.1) is 0 Å². The fourth-order valence-electron chi connectivity index (χ4n) is 3.19. The second-order valence-corrected chi connectivity index (χ2v) is 6.26. The first-order valence-corrected chi connectivity index (χ1v) is 7.66. The van der Waals surface area contributed by atoms with Crippen molar-refractivity contribution in [2.45, 2.75) is 50.7 Å². The quantitative estimate of drug-likeness (QED) is 0.845. The van der Waals surface area contributed by atoms with E-state index < -0.39 is 0 Å². The van der Waals surface area contributed by atoms with Gasteiger partial charge in [-0.25, -0.2) is 0 Å². The first-order valence-electron chi connectivity index (χ1n) is 7.66. The standard InChI is InChI=1S/C17H24O3/c1-13(2)15-5-3-4-6-16(15)20-14-7-9-19-17(11-14)8-10-18-12-17/h3-6,13-14H,7-12H2,1-2H3. The Bertz CT molecular complexity index is 449. The Morgan fingerprint density at radius 1 is 1.25 bits per heavy atom. The monoisotopic (exact) mass is 276 g/mol. The SMILES string of the molecule is CC(C)c1ccccc1OC1CCOC2(CCOC2)C1. The molecule has 3 nitrogen and oxygen atoms in total. The summed E-state index contributed by atoms with van der Waals surface area (Å²) in [7, 11) is 0. The molecule has 2 aliphatic rings. The van der Waals surface area contributed by atoms with Crippen LogP contribution in [-0.2, 0) is 9.47 Å². The average molecular weight is 276 g/mol. The van der Waals surface area contributed by atoms with E-state index in [1.807, 2.05) is 0 Å². The zero-order chi connectivity index (χ0) is 14.0. The van der Waals surface area contributed by atoms with Gasteiger partial charge in [0.2, 0.25) is 0 Å². The Hall–Kier alpha value is -1.06. The molecule has 20 heavy (non-hydrogen) atoms. The van der Waals surface area contributed by atoms with Gasteiger partial charge in [0.15, 0.2) is 0 Å². The molecule has 110 valence electrons. The molecule has 1 aromatic carbocycles. The molecule has 0 amide bonds. The van der Waals surface area contributed by atoms with Crippen LogP contribution >= 0.6 is 0 Å². The highest BCUT2D eigenvalue weighted by Gasteiger charge is 2.41. The maximum atomic E-state index is 6.30. The molecule has 1 aromatic rings. The normalized spacial score (nSPS) is 30.1. The number of para-hydroxylation sites is 1. The molecule has 0 radical (unpaired) electrons. The van der Waals surface area contributed by atoms with Crippen LogP contribution in [0.5, 0.6) is 5.75 Å². The molecule has 2 atom stereocenters. The first kappa shape index (κ1) is 13.9. The topological polar surface area (TPSA) is 27.7 Å². The van der Waals surface area contributed by atoms with Gasteiger partial charge in [0.05, 0.1) is 18.8 Å². The van der Waals surface area contributed by atoms with Gasteiger partial charge < -0.3 is 14.2 Å². The summed E-state index contributed by atoms with van der Waals surface area (Å²) in [5.74, 6) is 1.51. The van der Waals surface area contributed by atoms with Crippen molar-refractivity contribution < 1.29 is 14.2 Å². The lowest BCUT2D eigenvalue weighted by Gasteiger charge is -2.37. The summed E-state index contributed by atoms with van der Waals surface area (Å²) in [6.45, 7) is 6.73. The Morgan fingerprint density at radius 3 is 2.85 bits per heavy atom. The molecule has 3 heteroatoms. The molecule has 0 aromatic heterocycles. The Labute approximate surface area is 121 Å². The number of rotatable bonds is 3. The van der Waals surface area contributed by atoms with Gasteiger partial charge in [-0.3, -0.25) is 0 Å². The van der Waals surface area contributed by atoms with E-state index in [1.165, 1.54) is 5.56 Å². The van der Waals surface area contributed by atoms with Crippen molar-refractivity contribution in [3.05, 3.63) is 29.8 Å². The first-order chi connectivity index (χ1) is 9.69. The van der Waals surface area contributed by atoms with Gasteiger partial charge in [-0.1, -0.05) is 32.0 Å². The van der Waals surface area contributed by atoms with E-state index in [0.29, 0.717) is 5.92 Å². The lowest BCUT2D eigenvalue weighted by atomic mass is 9.91. The maximum absolute atomic E-state index is 6.30. The van der Waals surface area contributed by atoms with Crippen molar-refractivity contribution in [1.82, 2.24) is 0 Å². The van der Waals surface area contributed by atoms with E-state index in [-0.39, 0.29) is 11.7 Å². The van der Waals surface area contributed by atoms with Crippen molar-refractivity contribution in [3.8, 4) is 5.75 Å². The van der Waals surface area contributed by atoms with Crippen molar-refractivity contribution in [2.75, 3.05) is 19.8 Å². The largest absolute Gasteiger partial charge is 0.490 e. The fraction of sp³-hybridized carbons (Fsp3) is 0.647. The lowest BCUT2D eigenvalue weighted by molar-refractivity contribution is -0.112. The third-order valence-corrected chi connectivity index (χ3v) is 4.35. The predicted molar refractivity (Wildman–Crippen MR) is 78.3 cm³/mol. The van der Waals surface area contributed by atoms with Crippen LogP contribution in [0.3, 0.4) is 0 Å². The minimum Gasteiger partial charge on any atom is -0.490 e. The maximum Gasteiger partial charge on any atom is 0.123 e. The van der Waals surface area contributed by atoms with Gasteiger partial charge in [-0.05, 0) is 17.5 Å². The number of ether oxygens (including phenoxy) is 3. The summed E-state index contributed by atoms with van der Waals surface area (Å²) in [6.07, 6.45) is 3.15. The fourth-order valence-corrected chi connectivity index (χ4v) is 3.19. The second kappa shape index (κ2) is 5.74. The van der Waals surface area contributed by atoms with Crippen LogP contribution in [0.1, 0.15) is 44.6 Å². The Kier molecular flexibility index (Phi) is 3.99. The van der Waals surface area contributed by atoms with Gasteiger partial charge in [-0.2, -0.15) is 0 Å². The van der Waals surface area contributed by atoms with Crippen LogP contribution in [0.4, 0.5) is 0 Å². The minimum atomic E-state index is -0.0876. The van der Waals surface area contributed by atoms with Crippen molar-refractivity contribution in [2.24, 2.45) is 0 Å². The van der Waals surface area contributed by atoms with E-state index >= 15 is 0 Å². The minimum absolute atomic E-state index is 0.0876. The Morgan fingerprint density at radius 2 is 2.10 bits per heavy atom. The van der Waals surface area contributed by atoms with Gasteiger partial charge in [0, 0.05) is 25.9 Å². The molecule has 2 heterocycles. The third kappa shape index (κ3) is 2.84. The summed E-state index contributed by atoms with van der Waals surface area (Å²) < 4.78 is 17.8. The summed E-state index contributed by atoms with van der Waals surface area (Å²) in [5.41, 5.74) is 1.20. The molecule has 2 unspecified atom stereocenters. The van der Waals surface area contributed by atoms with E-state index in [0.717, 1.165) is 44.8 Å². The van der Waals surface area contributed by atoms with Crippen LogP contribution < -0.4 is 4.74 Å². The second-order valence-electron chi connectivity index (χ2n) is 6.26. The number of hydrogen-bond donors (Lipinski definition) is 0. The molecule has 0 N–H and O–H groups in total. The molecule has 0 aliphatic carbocycles. The molecule has 3 rings (SSSR count). The van der Waals surface area contributed by atoms with Crippen LogP contribution in [0.2, 0.25) is 0 Å². The van der Waals surface area contributed by atoms with Gasteiger partial charge in [-0.15, -0.1) is 0 Å². The smallest absolute Gasteiger partial charge is 0.123 e. The molecule has 2 aliphatic heterocycles. The van der Waals surface area contributed by atoms with Crippen LogP contribution in [0.25, 0.3) is 0 Å². The van der Waals surface area contributed by atoms with Crippen molar-refractivity contribution in [1.29, 1.82) is 0 Å². The zero-order valence-corrected chi connectivity index (χ0v) is 12.4. The van der Waals surface area contributed by atoms with Crippen molar-refractivity contribution in [3.63, 3.8) is 0 Å². The molecule has 0 saturated carbocycles. The molecular weight excluding hydrogens is 252 g/mol.